The molecule has 0 saturated carbocycles. The maximum absolute atomic E-state index is 10.4. The van der Waals surface area contributed by atoms with E-state index in [1.807, 2.05) is 0 Å². The number of rotatable bonds is 1. The molecule has 0 bridgehead atoms. The Kier molecular flexibility index (Phi) is 3.48. The molecular weight excluding hydrogens is 355 g/mol. The number of fused-ring (bicyclic) bond motifs is 2. The Bertz CT molecular complexity index is 790. The van der Waals surface area contributed by atoms with Crippen LogP contribution in [0.25, 0.3) is 11.2 Å². The lowest BCUT2D eigenvalue weighted by Gasteiger charge is -2.30. The van der Waals surface area contributed by atoms with Gasteiger partial charge in [-0.2, -0.15) is 0 Å². The molecule has 0 aliphatic carbocycles. The maximum atomic E-state index is 10.4. The topological polar surface area (TPSA) is 112 Å². The summed E-state index contributed by atoms with van der Waals surface area (Å²) in [7, 11) is 0. The van der Waals surface area contributed by atoms with Gasteiger partial charge in [0.05, 0.1) is 12.9 Å². The van der Waals surface area contributed by atoms with Crippen LogP contribution in [0.2, 0.25) is 5.15 Å². The molecule has 2 aliphatic heterocycles. The van der Waals surface area contributed by atoms with Crippen molar-refractivity contribution in [2.45, 2.75) is 24.5 Å². The number of nitrogens with zero attached hydrogens (tertiary/aromatic N) is 4. The number of aromatic nitrogens is 4. The van der Waals surface area contributed by atoms with Crippen LogP contribution in [0.4, 0.5) is 0 Å². The fourth-order valence-corrected chi connectivity index (χ4v) is 4.20. The van der Waals surface area contributed by atoms with Crippen molar-refractivity contribution in [2.24, 2.45) is 0 Å². The van der Waals surface area contributed by atoms with E-state index in [9.17, 15) is 10.00 Å². The van der Waals surface area contributed by atoms with Gasteiger partial charge >= 0.3 is 6.72 Å². The summed E-state index contributed by atoms with van der Waals surface area (Å²) in [6, 6.07) is 0. The highest BCUT2D eigenvalue weighted by atomic mass is 35.5. The van der Waals surface area contributed by atoms with Gasteiger partial charge in [-0.3, -0.25) is 9.09 Å². The first-order chi connectivity index (χ1) is 10.5. The zero-order valence-corrected chi connectivity index (χ0v) is 13.3. The highest BCUT2D eigenvalue weighted by Gasteiger charge is 2.51. The third-order valence-electron chi connectivity index (χ3n) is 3.55. The van der Waals surface area contributed by atoms with Crippen LogP contribution < -0.4 is 0 Å². The van der Waals surface area contributed by atoms with Gasteiger partial charge in [0.2, 0.25) is 0 Å². The third-order valence-corrected chi connectivity index (χ3v) is 5.39. The van der Waals surface area contributed by atoms with Crippen molar-refractivity contribution in [3.8, 4) is 0 Å². The molecule has 2 aliphatic rings. The summed E-state index contributed by atoms with van der Waals surface area (Å²) in [5.74, 6) is 0. The second-order valence-corrected chi connectivity index (χ2v) is 8.03. The zero-order valence-electron chi connectivity index (χ0n) is 10.8. The van der Waals surface area contributed by atoms with Gasteiger partial charge in [-0.15, -0.1) is 0 Å². The van der Waals surface area contributed by atoms with Crippen LogP contribution >= 0.6 is 18.3 Å². The summed E-state index contributed by atoms with van der Waals surface area (Å²) in [5.41, 5.74) is 0.825. The lowest BCUT2D eigenvalue weighted by molar-refractivity contribution is -0.0593. The van der Waals surface area contributed by atoms with Gasteiger partial charge in [0.15, 0.2) is 17.0 Å². The van der Waals surface area contributed by atoms with Crippen LogP contribution in [0.1, 0.15) is 6.23 Å². The monoisotopic (exact) mass is 364 g/mol. The van der Waals surface area contributed by atoms with Gasteiger partial charge < -0.3 is 19.3 Å². The summed E-state index contributed by atoms with van der Waals surface area (Å²) in [6.07, 6.45) is -0.434. The van der Waals surface area contributed by atoms with E-state index in [4.69, 9.17) is 37.2 Å². The fourth-order valence-electron chi connectivity index (χ4n) is 2.58. The van der Waals surface area contributed by atoms with Crippen LogP contribution in [-0.4, -0.2) is 54.4 Å². The van der Waals surface area contributed by atoms with Crippen molar-refractivity contribution in [3.63, 3.8) is 0 Å². The van der Waals surface area contributed by atoms with E-state index in [1.54, 1.807) is 0 Å². The van der Waals surface area contributed by atoms with E-state index in [-0.39, 0.29) is 11.8 Å². The van der Waals surface area contributed by atoms with E-state index in [1.165, 1.54) is 17.2 Å². The number of hydrogen-bond acceptors (Lipinski definition) is 8. The normalized spacial score (nSPS) is 38.3. The molecule has 4 heterocycles. The van der Waals surface area contributed by atoms with Crippen molar-refractivity contribution in [2.75, 3.05) is 6.61 Å². The van der Waals surface area contributed by atoms with Crippen molar-refractivity contribution in [3.05, 3.63) is 17.8 Å². The molecule has 4 rings (SSSR count). The summed E-state index contributed by atoms with van der Waals surface area (Å²) in [6.45, 7) is -3.28. The largest absolute Gasteiger partial charge is 0.386 e. The Morgan fingerprint density at radius 1 is 1.41 bits per heavy atom. The number of aliphatic hydroxyl groups is 1. The standard InChI is InChI=1S/C10H10ClN4O5PS/c11-8-5-9(13-2-12-8)15(3-14-5)10-6(16)7-4(19-10)1-18-21(17,22)20-7/h2-4,6-7,10,16H,1H2,(H,17,22)/t4-,6-,7-,10-,21?/m1/s1. The second-order valence-electron chi connectivity index (χ2n) is 4.88. The average molecular weight is 365 g/mol. The smallest absolute Gasteiger partial charge is 0.325 e. The van der Waals surface area contributed by atoms with Gasteiger partial charge in [0, 0.05) is 0 Å². The number of imidazole rings is 1. The maximum Gasteiger partial charge on any atom is 0.325 e. The molecule has 118 valence electrons. The summed E-state index contributed by atoms with van der Waals surface area (Å²) in [5, 5.41) is 10.7. The SMILES string of the molecule is O[C@@H]1[C@@H]2OP(O)(=S)OC[C@H]2O[C@H]1n1cnc2c(Cl)ncnc21. The minimum absolute atomic E-state index is 0.0500. The predicted molar refractivity (Wildman–Crippen MR) is 77.6 cm³/mol. The molecule has 1 unspecified atom stereocenters. The first-order valence-electron chi connectivity index (χ1n) is 6.28. The molecule has 2 fully saturated rings. The van der Waals surface area contributed by atoms with Gasteiger partial charge in [-0.1, -0.05) is 11.6 Å². The molecule has 12 heteroatoms. The van der Waals surface area contributed by atoms with Crippen molar-refractivity contribution in [1.82, 2.24) is 19.5 Å². The molecule has 9 nitrogen and oxygen atoms in total. The average Bonchev–Trinajstić information content (AvgIpc) is 3.01. The third kappa shape index (κ3) is 2.27. The van der Waals surface area contributed by atoms with Crippen LogP contribution in [0, 0.1) is 0 Å². The molecule has 0 radical (unpaired) electrons. The molecule has 2 N–H and O–H groups in total. The van der Waals surface area contributed by atoms with E-state index in [0.29, 0.717) is 11.2 Å². The summed E-state index contributed by atoms with van der Waals surface area (Å²) < 4.78 is 17.6. The quantitative estimate of drug-likeness (QED) is 0.547. The van der Waals surface area contributed by atoms with Crippen molar-refractivity contribution >= 4 is 41.3 Å². The van der Waals surface area contributed by atoms with Crippen LogP contribution in [-0.2, 0) is 25.6 Å². The molecule has 2 aromatic rings. The van der Waals surface area contributed by atoms with Crippen LogP contribution in [0.3, 0.4) is 0 Å². The predicted octanol–water partition coefficient (Wildman–Crippen LogP) is 0.370. The van der Waals surface area contributed by atoms with Gasteiger partial charge in [0.25, 0.3) is 0 Å². The Morgan fingerprint density at radius 2 is 2.23 bits per heavy atom. The minimum Gasteiger partial charge on any atom is -0.386 e. The van der Waals surface area contributed by atoms with E-state index < -0.39 is 31.3 Å². The van der Waals surface area contributed by atoms with Crippen LogP contribution in [0.15, 0.2) is 12.7 Å². The Labute approximate surface area is 134 Å². The molecule has 2 saturated heterocycles. The Morgan fingerprint density at radius 3 is 3.05 bits per heavy atom. The zero-order chi connectivity index (χ0) is 15.5. The van der Waals surface area contributed by atoms with Gasteiger partial charge in [0.1, 0.15) is 30.2 Å². The molecule has 0 spiro atoms. The molecular formula is C10H10ClN4O5PS. The number of ether oxygens (including phenoxy) is 1. The number of halogens is 1. The van der Waals surface area contributed by atoms with Crippen molar-refractivity contribution in [1.29, 1.82) is 0 Å². The Hall–Kier alpha value is -0.710. The second kappa shape index (κ2) is 5.15. The van der Waals surface area contributed by atoms with E-state index >= 15 is 0 Å². The summed E-state index contributed by atoms with van der Waals surface area (Å²) in [4.78, 5) is 21.8. The number of hydrogen-bond donors (Lipinski definition) is 2. The molecule has 22 heavy (non-hydrogen) atoms. The van der Waals surface area contributed by atoms with Gasteiger partial charge in [-0.05, 0) is 11.8 Å². The Balaban J connectivity index is 1.71. The number of aliphatic hydroxyl groups excluding tert-OH is 1. The molecule has 2 aromatic heterocycles. The van der Waals surface area contributed by atoms with Crippen molar-refractivity contribution < 1.29 is 23.8 Å². The molecule has 0 aromatic carbocycles. The van der Waals surface area contributed by atoms with Gasteiger partial charge in [-0.25, -0.2) is 15.0 Å². The fraction of sp³-hybridized carbons (Fsp3) is 0.500. The first-order valence-corrected chi connectivity index (χ1v) is 9.25. The molecule has 5 atom stereocenters. The summed E-state index contributed by atoms with van der Waals surface area (Å²) >= 11 is 10.8. The van der Waals surface area contributed by atoms with E-state index in [2.05, 4.69) is 15.0 Å². The van der Waals surface area contributed by atoms with Crippen LogP contribution in [0.5, 0.6) is 0 Å². The highest BCUT2D eigenvalue weighted by Crippen LogP contribution is 2.52. The highest BCUT2D eigenvalue weighted by molar-refractivity contribution is 8.07. The van der Waals surface area contributed by atoms with E-state index in [0.717, 1.165) is 0 Å². The minimum atomic E-state index is -3.33. The first kappa shape index (κ1) is 14.9. The lowest BCUT2D eigenvalue weighted by Crippen LogP contribution is -2.39. The molecule has 0 amide bonds. The lowest BCUT2D eigenvalue weighted by atomic mass is 10.1.